The third-order valence-electron chi connectivity index (χ3n) is 3.08. The van der Waals surface area contributed by atoms with Crippen molar-refractivity contribution in [3.05, 3.63) is 76.8 Å². The molecule has 3 rings (SSSR count). The molecule has 0 amide bonds. The Kier molecular flexibility index (Phi) is 4.57. The third kappa shape index (κ3) is 3.38. The highest BCUT2D eigenvalue weighted by Crippen LogP contribution is 2.31. The Morgan fingerprint density at radius 1 is 0.909 bits per heavy atom. The second-order valence-corrected chi connectivity index (χ2v) is 6.56. The molecule has 1 aromatic heterocycles. The first-order valence-electron chi connectivity index (χ1n) is 6.66. The number of benzene rings is 2. The quantitative estimate of drug-likeness (QED) is 0.610. The molecule has 22 heavy (non-hydrogen) atoms. The van der Waals surface area contributed by atoms with Crippen molar-refractivity contribution in [2.45, 2.75) is 9.92 Å². The fourth-order valence-electron chi connectivity index (χ4n) is 1.99. The van der Waals surface area contributed by atoms with E-state index in [1.807, 2.05) is 66.7 Å². The van der Waals surface area contributed by atoms with Gasteiger partial charge in [-0.05, 0) is 36.4 Å². The van der Waals surface area contributed by atoms with Crippen LogP contribution in [0.4, 0.5) is 0 Å². The van der Waals surface area contributed by atoms with E-state index in [9.17, 15) is 5.26 Å². The smallest absolute Gasteiger partial charge is 0.119 e. The van der Waals surface area contributed by atoms with Crippen LogP contribution in [0.25, 0.3) is 11.3 Å². The van der Waals surface area contributed by atoms with Crippen molar-refractivity contribution in [3.8, 4) is 17.3 Å². The van der Waals surface area contributed by atoms with Crippen LogP contribution in [0.3, 0.4) is 0 Å². The molecule has 0 aliphatic carbocycles. The van der Waals surface area contributed by atoms with Crippen molar-refractivity contribution in [1.29, 1.82) is 5.26 Å². The van der Waals surface area contributed by atoms with E-state index >= 15 is 0 Å². The Hall–Kier alpha value is -2.09. The Morgan fingerprint density at radius 2 is 1.64 bits per heavy atom. The van der Waals surface area contributed by atoms with Crippen molar-refractivity contribution in [1.82, 2.24) is 4.98 Å². The number of aromatic nitrogens is 1. The summed E-state index contributed by atoms with van der Waals surface area (Å²) in [6.07, 6.45) is 0. The van der Waals surface area contributed by atoms with E-state index in [0.29, 0.717) is 5.56 Å². The average molecular weight is 367 g/mol. The molecule has 0 spiro atoms. The van der Waals surface area contributed by atoms with Crippen molar-refractivity contribution in [3.63, 3.8) is 0 Å². The van der Waals surface area contributed by atoms with Gasteiger partial charge in [-0.3, -0.25) is 0 Å². The molecule has 0 N–H and O–H groups in total. The summed E-state index contributed by atoms with van der Waals surface area (Å²) in [7, 11) is 0. The summed E-state index contributed by atoms with van der Waals surface area (Å²) in [5.74, 6) is 0. The minimum atomic E-state index is 0.590. The Bertz CT molecular complexity index is 824. The van der Waals surface area contributed by atoms with Gasteiger partial charge in [-0.15, -0.1) is 0 Å². The Morgan fingerprint density at radius 3 is 2.32 bits per heavy atom. The molecule has 3 aromatic rings. The van der Waals surface area contributed by atoms with E-state index in [0.717, 1.165) is 25.7 Å². The molecule has 0 radical (unpaired) electrons. The molecule has 0 bridgehead atoms. The van der Waals surface area contributed by atoms with Crippen LogP contribution in [0.2, 0.25) is 0 Å². The molecule has 106 valence electrons. The molecule has 0 saturated heterocycles. The predicted molar refractivity (Wildman–Crippen MR) is 92.7 cm³/mol. The molecule has 0 fully saturated rings. The number of hydrogen-bond acceptors (Lipinski definition) is 3. The van der Waals surface area contributed by atoms with Crippen molar-refractivity contribution in [2.24, 2.45) is 0 Å². The van der Waals surface area contributed by atoms with E-state index in [1.165, 1.54) is 11.8 Å². The predicted octanol–water partition coefficient (Wildman–Crippen LogP) is 5.53. The summed E-state index contributed by atoms with van der Waals surface area (Å²) in [6, 6.07) is 23.9. The van der Waals surface area contributed by atoms with Crippen LogP contribution >= 0.6 is 27.7 Å². The first-order valence-corrected chi connectivity index (χ1v) is 8.27. The first kappa shape index (κ1) is 14.8. The number of pyridine rings is 1. The van der Waals surface area contributed by atoms with Gasteiger partial charge in [-0.1, -0.05) is 58.0 Å². The van der Waals surface area contributed by atoms with Gasteiger partial charge >= 0.3 is 0 Å². The molecule has 1 heterocycles. The highest BCUT2D eigenvalue weighted by atomic mass is 79.9. The van der Waals surface area contributed by atoms with Gasteiger partial charge in [0.2, 0.25) is 0 Å². The molecule has 0 unspecified atom stereocenters. The summed E-state index contributed by atoms with van der Waals surface area (Å²) in [4.78, 5) is 5.71. The topological polar surface area (TPSA) is 36.7 Å². The molecule has 0 aliphatic rings. The lowest BCUT2D eigenvalue weighted by Crippen LogP contribution is -1.90. The van der Waals surface area contributed by atoms with Crippen LogP contribution in [-0.4, -0.2) is 4.98 Å². The second kappa shape index (κ2) is 6.78. The minimum Gasteiger partial charge on any atom is -0.240 e. The van der Waals surface area contributed by atoms with E-state index in [4.69, 9.17) is 0 Å². The number of rotatable bonds is 3. The lowest BCUT2D eigenvalue weighted by Gasteiger charge is -2.07. The van der Waals surface area contributed by atoms with E-state index in [1.54, 1.807) is 0 Å². The monoisotopic (exact) mass is 366 g/mol. The normalized spacial score (nSPS) is 10.2. The van der Waals surface area contributed by atoms with Gasteiger partial charge in [0, 0.05) is 14.9 Å². The summed E-state index contributed by atoms with van der Waals surface area (Å²) in [5, 5.41) is 10.0. The fraction of sp³-hybridized carbons (Fsp3) is 0. The van der Waals surface area contributed by atoms with Gasteiger partial charge in [0.1, 0.15) is 11.1 Å². The van der Waals surface area contributed by atoms with E-state index < -0.39 is 0 Å². The van der Waals surface area contributed by atoms with Crippen molar-refractivity contribution in [2.75, 3.05) is 0 Å². The standard InChI is InChI=1S/C18H11BrN2S/c19-15-7-9-16(10-8-15)22-18-14(12-20)6-11-17(21-18)13-4-2-1-3-5-13/h1-11H. The number of nitriles is 1. The van der Waals surface area contributed by atoms with Crippen LogP contribution in [0, 0.1) is 11.3 Å². The molecule has 2 nitrogen and oxygen atoms in total. The zero-order valence-electron chi connectivity index (χ0n) is 11.5. The number of hydrogen-bond donors (Lipinski definition) is 0. The average Bonchev–Trinajstić information content (AvgIpc) is 2.58. The molecule has 0 atom stereocenters. The van der Waals surface area contributed by atoms with Gasteiger partial charge in [-0.25, -0.2) is 4.98 Å². The summed E-state index contributed by atoms with van der Waals surface area (Å²) in [6.45, 7) is 0. The van der Waals surface area contributed by atoms with Gasteiger partial charge in [0.25, 0.3) is 0 Å². The van der Waals surface area contributed by atoms with Gasteiger partial charge in [0.15, 0.2) is 0 Å². The van der Waals surface area contributed by atoms with Crippen LogP contribution in [-0.2, 0) is 0 Å². The molecule has 2 aromatic carbocycles. The SMILES string of the molecule is N#Cc1ccc(-c2ccccc2)nc1Sc1ccc(Br)cc1. The number of halogens is 1. The fourth-order valence-corrected chi connectivity index (χ4v) is 3.11. The highest BCUT2D eigenvalue weighted by molar-refractivity contribution is 9.10. The molecular weight excluding hydrogens is 356 g/mol. The Balaban J connectivity index is 1.98. The Labute approximate surface area is 142 Å². The maximum Gasteiger partial charge on any atom is 0.119 e. The van der Waals surface area contributed by atoms with Crippen LogP contribution < -0.4 is 0 Å². The molecular formula is C18H11BrN2S. The largest absolute Gasteiger partial charge is 0.240 e. The van der Waals surface area contributed by atoms with Crippen LogP contribution in [0.5, 0.6) is 0 Å². The maximum absolute atomic E-state index is 9.29. The van der Waals surface area contributed by atoms with E-state index in [2.05, 4.69) is 27.0 Å². The summed E-state index contributed by atoms with van der Waals surface area (Å²) >= 11 is 4.93. The number of nitrogens with zero attached hydrogens (tertiary/aromatic N) is 2. The zero-order valence-corrected chi connectivity index (χ0v) is 13.9. The van der Waals surface area contributed by atoms with Crippen molar-refractivity contribution < 1.29 is 0 Å². The zero-order chi connectivity index (χ0) is 15.4. The van der Waals surface area contributed by atoms with Gasteiger partial charge < -0.3 is 0 Å². The van der Waals surface area contributed by atoms with Crippen LogP contribution in [0.1, 0.15) is 5.56 Å². The molecule has 4 heteroatoms. The molecule has 0 aliphatic heterocycles. The van der Waals surface area contributed by atoms with Crippen molar-refractivity contribution >= 4 is 27.7 Å². The van der Waals surface area contributed by atoms with Gasteiger partial charge in [0.05, 0.1) is 11.3 Å². The van der Waals surface area contributed by atoms with Crippen LogP contribution in [0.15, 0.2) is 81.1 Å². The lowest BCUT2D eigenvalue weighted by molar-refractivity contribution is 1.11. The minimum absolute atomic E-state index is 0.590. The maximum atomic E-state index is 9.29. The second-order valence-electron chi connectivity index (χ2n) is 4.58. The third-order valence-corrected chi connectivity index (χ3v) is 4.62. The first-order chi connectivity index (χ1) is 10.8. The summed E-state index contributed by atoms with van der Waals surface area (Å²) in [5.41, 5.74) is 2.51. The van der Waals surface area contributed by atoms with Gasteiger partial charge in [-0.2, -0.15) is 5.26 Å². The molecule has 0 saturated carbocycles. The lowest BCUT2D eigenvalue weighted by atomic mass is 10.1. The summed E-state index contributed by atoms with van der Waals surface area (Å²) < 4.78 is 1.03. The van der Waals surface area contributed by atoms with E-state index in [-0.39, 0.29) is 0 Å². The highest BCUT2D eigenvalue weighted by Gasteiger charge is 2.09.